The van der Waals surface area contributed by atoms with Gasteiger partial charge < -0.3 is 4.74 Å². The van der Waals surface area contributed by atoms with Gasteiger partial charge in [0, 0.05) is 0 Å². The first-order valence-corrected chi connectivity index (χ1v) is 4.86. The fraction of sp³-hybridized carbons (Fsp3) is 1.00. The van der Waals surface area contributed by atoms with Crippen molar-refractivity contribution in [1.29, 1.82) is 0 Å². The maximum atomic E-state index is 5.95. The number of rotatable bonds is 3. The molecule has 0 aromatic heterocycles. The van der Waals surface area contributed by atoms with Crippen molar-refractivity contribution >= 4 is 0 Å². The number of hydrogen-bond donors (Lipinski definition) is 0. The molecule has 1 aliphatic rings. The SMILES string of the molecule is CCC1(OC(C)C)CCCC1. The van der Waals surface area contributed by atoms with Crippen LogP contribution in [0.25, 0.3) is 0 Å². The minimum Gasteiger partial charge on any atom is -0.372 e. The third-order valence-electron chi connectivity index (χ3n) is 2.64. The highest BCUT2D eigenvalue weighted by molar-refractivity contribution is 4.85. The first-order chi connectivity index (χ1) is 5.18. The molecule has 1 saturated carbocycles. The van der Waals surface area contributed by atoms with Gasteiger partial charge in [0.15, 0.2) is 0 Å². The van der Waals surface area contributed by atoms with Crippen LogP contribution >= 0.6 is 0 Å². The van der Waals surface area contributed by atoms with Crippen LogP contribution in [0, 0.1) is 0 Å². The standard InChI is InChI=1S/C10H20O/c1-4-10(11-9(2)3)7-5-6-8-10/h9H,4-8H2,1-3H3. The lowest BCUT2D eigenvalue weighted by Crippen LogP contribution is -2.30. The van der Waals surface area contributed by atoms with E-state index in [2.05, 4.69) is 20.8 Å². The van der Waals surface area contributed by atoms with Crippen LogP contribution in [0.3, 0.4) is 0 Å². The van der Waals surface area contributed by atoms with Gasteiger partial charge in [-0.2, -0.15) is 0 Å². The lowest BCUT2D eigenvalue weighted by molar-refractivity contribution is -0.0779. The molecular formula is C10H20O. The van der Waals surface area contributed by atoms with Crippen molar-refractivity contribution in [3.8, 4) is 0 Å². The molecule has 0 aliphatic heterocycles. The zero-order valence-electron chi connectivity index (χ0n) is 8.02. The Bertz CT molecular complexity index is 112. The molecule has 1 nitrogen and oxygen atoms in total. The maximum Gasteiger partial charge on any atom is 0.0683 e. The van der Waals surface area contributed by atoms with E-state index in [4.69, 9.17) is 4.74 Å². The van der Waals surface area contributed by atoms with Gasteiger partial charge in [0.05, 0.1) is 11.7 Å². The quantitative estimate of drug-likeness (QED) is 0.610. The molecule has 11 heavy (non-hydrogen) atoms. The van der Waals surface area contributed by atoms with Gasteiger partial charge in [0.1, 0.15) is 0 Å². The summed E-state index contributed by atoms with van der Waals surface area (Å²) < 4.78 is 5.95. The molecule has 0 unspecified atom stereocenters. The van der Waals surface area contributed by atoms with Crippen molar-refractivity contribution in [1.82, 2.24) is 0 Å². The molecule has 0 bridgehead atoms. The highest BCUT2D eigenvalue weighted by atomic mass is 16.5. The molecular weight excluding hydrogens is 136 g/mol. The van der Waals surface area contributed by atoms with Crippen molar-refractivity contribution in [2.24, 2.45) is 0 Å². The zero-order valence-corrected chi connectivity index (χ0v) is 8.02. The summed E-state index contributed by atoms with van der Waals surface area (Å²) in [6.07, 6.45) is 6.86. The lowest BCUT2D eigenvalue weighted by Gasteiger charge is -2.30. The highest BCUT2D eigenvalue weighted by Crippen LogP contribution is 2.36. The third kappa shape index (κ3) is 2.19. The van der Waals surface area contributed by atoms with Gasteiger partial charge >= 0.3 is 0 Å². The topological polar surface area (TPSA) is 9.23 Å². The molecule has 66 valence electrons. The minimum absolute atomic E-state index is 0.258. The van der Waals surface area contributed by atoms with E-state index in [0.717, 1.165) is 0 Å². The number of ether oxygens (including phenoxy) is 1. The summed E-state index contributed by atoms with van der Waals surface area (Å²) in [4.78, 5) is 0. The maximum absolute atomic E-state index is 5.95. The highest BCUT2D eigenvalue weighted by Gasteiger charge is 2.33. The lowest BCUT2D eigenvalue weighted by atomic mass is 9.98. The summed E-state index contributed by atoms with van der Waals surface area (Å²) in [5.41, 5.74) is 0.258. The molecule has 0 spiro atoms. The Morgan fingerprint density at radius 3 is 2.18 bits per heavy atom. The molecule has 1 heteroatoms. The van der Waals surface area contributed by atoms with Gasteiger partial charge in [-0.25, -0.2) is 0 Å². The molecule has 0 heterocycles. The molecule has 1 rings (SSSR count). The van der Waals surface area contributed by atoms with Gasteiger partial charge in [0.25, 0.3) is 0 Å². The molecule has 1 fully saturated rings. The molecule has 0 aromatic rings. The fourth-order valence-electron chi connectivity index (χ4n) is 2.07. The molecule has 0 atom stereocenters. The molecule has 0 aromatic carbocycles. The third-order valence-corrected chi connectivity index (χ3v) is 2.64. The number of hydrogen-bond acceptors (Lipinski definition) is 1. The van der Waals surface area contributed by atoms with E-state index in [0.29, 0.717) is 6.10 Å². The summed E-state index contributed by atoms with van der Waals surface area (Å²) in [5.74, 6) is 0. The van der Waals surface area contributed by atoms with Crippen LogP contribution in [-0.4, -0.2) is 11.7 Å². The average Bonchev–Trinajstić information content (AvgIpc) is 2.36. The molecule has 0 saturated heterocycles. The van der Waals surface area contributed by atoms with Crippen molar-refractivity contribution in [3.63, 3.8) is 0 Å². The van der Waals surface area contributed by atoms with Crippen molar-refractivity contribution in [3.05, 3.63) is 0 Å². The van der Waals surface area contributed by atoms with Crippen molar-refractivity contribution in [2.75, 3.05) is 0 Å². The van der Waals surface area contributed by atoms with E-state index in [-0.39, 0.29) is 5.60 Å². The Balaban J connectivity index is 2.45. The van der Waals surface area contributed by atoms with Crippen LogP contribution in [-0.2, 0) is 4.74 Å². The van der Waals surface area contributed by atoms with Gasteiger partial charge in [-0.3, -0.25) is 0 Å². The monoisotopic (exact) mass is 156 g/mol. The molecule has 0 N–H and O–H groups in total. The average molecular weight is 156 g/mol. The van der Waals surface area contributed by atoms with Crippen LogP contribution < -0.4 is 0 Å². The minimum atomic E-state index is 0.258. The second kappa shape index (κ2) is 3.57. The van der Waals surface area contributed by atoms with Crippen LogP contribution in [0.5, 0.6) is 0 Å². The largest absolute Gasteiger partial charge is 0.372 e. The first-order valence-electron chi connectivity index (χ1n) is 4.86. The smallest absolute Gasteiger partial charge is 0.0683 e. The van der Waals surface area contributed by atoms with Crippen LogP contribution in [0.1, 0.15) is 52.9 Å². The van der Waals surface area contributed by atoms with E-state index in [9.17, 15) is 0 Å². The van der Waals surface area contributed by atoms with Crippen LogP contribution in [0.4, 0.5) is 0 Å². The van der Waals surface area contributed by atoms with Gasteiger partial charge in [-0.05, 0) is 33.1 Å². The Kier molecular flexibility index (Phi) is 2.94. The van der Waals surface area contributed by atoms with Crippen molar-refractivity contribution in [2.45, 2.75) is 64.6 Å². The van der Waals surface area contributed by atoms with Crippen LogP contribution in [0.15, 0.2) is 0 Å². The second-order valence-corrected chi connectivity index (χ2v) is 3.91. The summed E-state index contributed by atoms with van der Waals surface area (Å²) in [7, 11) is 0. The van der Waals surface area contributed by atoms with E-state index in [1.165, 1.54) is 32.1 Å². The van der Waals surface area contributed by atoms with Crippen molar-refractivity contribution < 1.29 is 4.74 Å². The molecule has 0 amide bonds. The van der Waals surface area contributed by atoms with E-state index in [1.807, 2.05) is 0 Å². The van der Waals surface area contributed by atoms with Gasteiger partial charge in [0.2, 0.25) is 0 Å². The summed E-state index contributed by atoms with van der Waals surface area (Å²) >= 11 is 0. The van der Waals surface area contributed by atoms with Gasteiger partial charge in [-0.15, -0.1) is 0 Å². The fourth-order valence-corrected chi connectivity index (χ4v) is 2.07. The van der Waals surface area contributed by atoms with E-state index >= 15 is 0 Å². The Morgan fingerprint density at radius 2 is 1.82 bits per heavy atom. The summed E-state index contributed by atoms with van der Waals surface area (Å²) in [6, 6.07) is 0. The summed E-state index contributed by atoms with van der Waals surface area (Å²) in [5, 5.41) is 0. The second-order valence-electron chi connectivity index (χ2n) is 3.91. The first kappa shape index (κ1) is 9.05. The Labute approximate surface area is 70.1 Å². The zero-order chi connectivity index (χ0) is 8.32. The predicted molar refractivity (Wildman–Crippen MR) is 47.7 cm³/mol. The van der Waals surface area contributed by atoms with E-state index in [1.54, 1.807) is 0 Å². The Morgan fingerprint density at radius 1 is 1.27 bits per heavy atom. The molecule has 1 aliphatic carbocycles. The van der Waals surface area contributed by atoms with E-state index < -0.39 is 0 Å². The summed E-state index contributed by atoms with van der Waals surface area (Å²) in [6.45, 7) is 6.51. The molecule has 0 radical (unpaired) electrons. The Hall–Kier alpha value is -0.0400. The normalized spacial score (nSPS) is 22.9. The van der Waals surface area contributed by atoms with Gasteiger partial charge in [-0.1, -0.05) is 19.8 Å². The predicted octanol–water partition coefficient (Wildman–Crippen LogP) is 3.13. The van der Waals surface area contributed by atoms with Crippen LogP contribution in [0.2, 0.25) is 0 Å².